The first-order valence-corrected chi connectivity index (χ1v) is 13.9. The van der Waals surface area contributed by atoms with Gasteiger partial charge in [0.2, 0.25) is 0 Å². The van der Waals surface area contributed by atoms with Crippen LogP contribution in [0.5, 0.6) is 0 Å². The Morgan fingerprint density at radius 1 is 0.844 bits per heavy atom. The van der Waals surface area contributed by atoms with E-state index in [0.717, 1.165) is 12.8 Å². The standard InChI is InChI=1S/C24H50NO6P/c1-5-6-7-8-9-10-11-12-13-14-15-16-17-18-20-29-22-24(26)23-31-32(27,28)30-21-19-25(2,3)4/h10-11,24,26H,5-9,12-23H2,1-4H3/b11-10-/t24-/m1/s1. The average molecular weight is 480 g/mol. The highest BCUT2D eigenvalue weighted by Gasteiger charge is 2.15. The first kappa shape index (κ1) is 31.7. The minimum absolute atomic E-state index is 0.0483. The first-order valence-electron chi connectivity index (χ1n) is 12.5. The lowest BCUT2D eigenvalue weighted by atomic mass is 10.1. The molecule has 2 atom stereocenters. The van der Waals surface area contributed by atoms with E-state index in [-0.39, 0.29) is 19.8 Å². The quantitative estimate of drug-likeness (QED) is 0.0977. The Kier molecular flexibility index (Phi) is 20.0. The van der Waals surface area contributed by atoms with E-state index in [1.807, 2.05) is 21.1 Å². The monoisotopic (exact) mass is 479 g/mol. The van der Waals surface area contributed by atoms with Gasteiger partial charge in [0.05, 0.1) is 34.4 Å². The van der Waals surface area contributed by atoms with E-state index in [4.69, 9.17) is 13.8 Å². The molecule has 0 bridgehead atoms. The largest absolute Gasteiger partial charge is 0.756 e. The maximum Gasteiger partial charge on any atom is 0.268 e. The van der Waals surface area contributed by atoms with Crippen LogP contribution < -0.4 is 4.89 Å². The molecule has 0 aliphatic heterocycles. The predicted molar refractivity (Wildman–Crippen MR) is 129 cm³/mol. The molecule has 192 valence electrons. The lowest BCUT2D eigenvalue weighted by Gasteiger charge is -2.27. The van der Waals surface area contributed by atoms with Crippen LogP contribution in [0, 0.1) is 0 Å². The molecule has 8 heteroatoms. The number of nitrogens with zero attached hydrogens (tertiary/aromatic N) is 1. The number of phosphoric acid groups is 1. The zero-order valence-corrected chi connectivity index (χ0v) is 22.0. The van der Waals surface area contributed by atoms with E-state index < -0.39 is 13.9 Å². The van der Waals surface area contributed by atoms with Crippen molar-refractivity contribution in [2.45, 2.75) is 90.1 Å². The van der Waals surface area contributed by atoms with Gasteiger partial charge < -0.3 is 28.3 Å². The number of unbranched alkanes of at least 4 members (excludes halogenated alkanes) is 10. The number of quaternary nitrogens is 1. The van der Waals surface area contributed by atoms with Crippen LogP contribution in [0.25, 0.3) is 0 Å². The average Bonchev–Trinajstić information content (AvgIpc) is 2.71. The summed E-state index contributed by atoms with van der Waals surface area (Å²) in [7, 11) is 1.44. The summed E-state index contributed by atoms with van der Waals surface area (Å²) in [6, 6.07) is 0. The highest BCUT2D eigenvalue weighted by Crippen LogP contribution is 2.38. The summed E-state index contributed by atoms with van der Waals surface area (Å²) in [5.74, 6) is 0. The Morgan fingerprint density at radius 3 is 2.00 bits per heavy atom. The molecule has 0 amide bonds. The number of rotatable bonds is 23. The van der Waals surface area contributed by atoms with Crippen LogP contribution in [0.2, 0.25) is 0 Å². The summed E-state index contributed by atoms with van der Waals surface area (Å²) in [6.07, 6.45) is 18.4. The molecule has 0 saturated carbocycles. The summed E-state index contributed by atoms with van der Waals surface area (Å²) in [5, 5.41) is 9.81. The van der Waals surface area contributed by atoms with Gasteiger partial charge >= 0.3 is 0 Å². The van der Waals surface area contributed by atoms with Crippen molar-refractivity contribution in [3.63, 3.8) is 0 Å². The van der Waals surface area contributed by atoms with E-state index in [1.165, 1.54) is 64.2 Å². The van der Waals surface area contributed by atoms with Gasteiger partial charge in [0.25, 0.3) is 7.82 Å². The Labute approximate surface area is 197 Å². The van der Waals surface area contributed by atoms with Gasteiger partial charge in [0, 0.05) is 6.61 Å². The second-order valence-corrected chi connectivity index (χ2v) is 11.0. The van der Waals surface area contributed by atoms with Crippen LogP contribution in [-0.4, -0.2) is 69.8 Å². The molecule has 0 aromatic carbocycles. The van der Waals surface area contributed by atoms with E-state index in [1.54, 1.807) is 0 Å². The molecule has 0 saturated heterocycles. The predicted octanol–water partition coefficient (Wildman–Crippen LogP) is 4.83. The van der Waals surface area contributed by atoms with Gasteiger partial charge in [-0.3, -0.25) is 4.57 Å². The minimum Gasteiger partial charge on any atom is -0.756 e. The van der Waals surface area contributed by atoms with Crippen molar-refractivity contribution in [2.75, 3.05) is 54.1 Å². The fraction of sp³-hybridized carbons (Fsp3) is 0.917. The molecule has 32 heavy (non-hydrogen) atoms. The molecule has 0 aromatic heterocycles. The van der Waals surface area contributed by atoms with Crippen molar-refractivity contribution in [1.29, 1.82) is 0 Å². The zero-order chi connectivity index (χ0) is 24.1. The normalized spacial score (nSPS) is 15.3. The van der Waals surface area contributed by atoms with Crippen molar-refractivity contribution in [1.82, 2.24) is 0 Å². The molecule has 1 N–H and O–H groups in total. The second kappa shape index (κ2) is 20.1. The molecule has 0 aliphatic rings. The highest BCUT2D eigenvalue weighted by molar-refractivity contribution is 7.45. The SMILES string of the molecule is CCCCCC/C=C\CCCCCCCCOC[C@@H](O)COP(=O)([O-])OCC[N+](C)(C)C. The number of aliphatic hydroxyl groups is 1. The van der Waals surface area contributed by atoms with Crippen molar-refractivity contribution in [3.05, 3.63) is 12.2 Å². The molecule has 0 rings (SSSR count). The Hall–Kier alpha value is -0.270. The van der Waals surface area contributed by atoms with Crippen LogP contribution in [0.1, 0.15) is 84.0 Å². The van der Waals surface area contributed by atoms with Crippen LogP contribution in [0.15, 0.2) is 12.2 Å². The van der Waals surface area contributed by atoms with Gasteiger partial charge in [-0.05, 0) is 32.1 Å². The first-order chi connectivity index (χ1) is 15.2. The molecular formula is C24H50NO6P. The Balaban J connectivity index is 3.46. The molecule has 0 spiro atoms. The van der Waals surface area contributed by atoms with Crippen molar-refractivity contribution in [2.24, 2.45) is 0 Å². The molecule has 0 heterocycles. The van der Waals surface area contributed by atoms with Gasteiger partial charge in [0.15, 0.2) is 0 Å². The van der Waals surface area contributed by atoms with Crippen molar-refractivity contribution in [3.8, 4) is 0 Å². The van der Waals surface area contributed by atoms with Gasteiger partial charge in [0.1, 0.15) is 19.3 Å². The smallest absolute Gasteiger partial charge is 0.268 e. The van der Waals surface area contributed by atoms with Crippen LogP contribution in [-0.2, 0) is 18.3 Å². The molecule has 1 unspecified atom stereocenters. The molecule has 0 aliphatic carbocycles. The number of hydrogen-bond acceptors (Lipinski definition) is 6. The Bertz CT molecular complexity index is 495. The number of ether oxygens (including phenoxy) is 1. The molecule has 0 radical (unpaired) electrons. The summed E-state index contributed by atoms with van der Waals surface area (Å²) in [6.45, 7) is 3.10. The third kappa shape index (κ3) is 24.4. The molecule has 0 aromatic rings. The third-order valence-electron chi connectivity index (χ3n) is 5.05. The molecule has 7 nitrogen and oxygen atoms in total. The fourth-order valence-electron chi connectivity index (χ4n) is 3.01. The van der Waals surface area contributed by atoms with E-state index in [9.17, 15) is 14.6 Å². The van der Waals surface area contributed by atoms with Crippen molar-refractivity contribution >= 4 is 7.82 Å². The maximum absolute atomic E-state index is 11.7. The summed E-state index contributed by atoms with van der Waals surface area (Å²) in [4.78, 5) is 11.7. The van der Waals surface area contributed by atoms with Gasteiger partial charge in [-0.15, -0.1) is 0 Å². The number of aliphatic hydroxyl groups excluding tert-OH is 1. The van der Waals surface area contributed by atoms with E-state index in [0.29, 0.717) is 17.6 Å². The topological polar surface area (TPSA) is 88.0 Å². The Morgan fingerprint density at radius 2 is 1.41 bits per heavy atom. The van der Waals surface area contributed by atoms with Crippen LogP contribution >= 0.6 is 7.82 Å². The number of phosphoric ester groups is 1. The van der Waals surface area contributed by atoms with Gasteiger partial charge in [-0.2, -0.15) is 0 Å². The van der Waals surface area contributed by atoms with Crippen LogP contribution in [0.3, 0.4) is 0 Å². The molecule has 0 fully saturated rings. The van der Waals surface area contributed by atoms with Crippen molar-refractivity contribution < 1.29 is 32.8 Å². The highest BCUT2D eigenvalue weighted by atomic mass is 31.2. The van der Waals surface area contributed by atoms with Crippen LogP contribution in [0.4, 0.5) is 0 Å². The summed E-state index contributed by atoms with van der Waals surface area (Å²) >= 11 is 0. The minimum atomic E-state index is -4.39. The lowest BCUT2D eigenvalue weighted by Crippen LogP contribution is -2.37. The summed E-state index contributed by atoms with van der Waals surface area (Å²) in [5.41, 5.74) is 0. The van der Waals surface area contributed by atoms with Gasteiger partial charge in [-0.25, -0.2) is 0 Å². The summed E-state index contributed by atoms with van der Waals surface area (Å²) < 4.78 is 27.2. The second-order valence-electron chi connectivity index (χ2n) is 9.55. The number of hydrogen-bond donors (Lipinski definition) is 1. The number of likely N-dealkylation sites (N-methyl/N-ethyl adjacent to an activating group) is 1. The zero-order valence-electron chi connectivity index (χ0n) is 21.1. The van der Waals surface area contributed by atoms with E-state index in [2.05, 4.69) is 19.1 Å². The number of allylic oxidation sites excluding steroid dienone is 2. The lowest BCUT2D eigenvalue weighted by molar-refractivity contribution is -0.870. The molecular weight excluding hydrogens is 429 g/mol. The maximum atomic E-state index is 11.7. The third-order valence-corrected chi connectivity index (χ3v) is 6.01. The van der Waals surface area contributed by atoms with Gasteiger partial charge in [-0.1, -0.05) is 64.0 Å². The van der Waals surface area contributed by atoms with E-state index >= 15 is 0 Å². The fourth-order valence-corrected chi connectivity index (χ4v) is 3.74.